The summed E-state index contributed by atoms with van der Waals surface area (Å²) in [4.78, 5) is 51.1. The molecule has 0 radical (unpaired) electrons. The van der Waals surface area contributed by atoms with Gasteiger partial charge in [0.1, 0.15) is 16.2 Å². The first-order valence-corrected chi connectivity index (χ1v) is 13.5. The highest BCUT2D eigenvalue weighted by molar-refractivity contribution is 8.00. The number of sulfonamides is 1. The molecule has 3 heterocycles. The van der Waals surface area contributed by atoms with E-state index in [4.69, 9.17) is 0 Å². The van der Waals surface area contributed by atoms with Gasteiger partial charge >= 0.3 is 5.69 Å². The van der Waals surface area contributed by atoms with E-state index in [-0.39, 0.29) is 42.1 Å². The summed E-state index contributed by atoms with van der Waals surface area (Å²) in [5, 5.41) is 0.663. The Kier molecular flexibility index (Phi) is 5.37. The summed E-state index contributed by atoms with van der Waals surface area (Å²) in [6.45, 7) is 1.19. The number of fused-ring (bicyclic) bond motifs is 1. The zero-order valence-corrected chi connectivity index (χ0v) is 19.2. The van der Waals surface area contributed by atoms with Crippen molar-refractivity contribution in [3.05, 3.63) is 26.7 Å². The predicted molar refractivity (Wildman–Crippen MR) is 118 cm³/mol. The standard InChI is InChI=1S/C19H24N6O5S2/c1-32(29,30)24-8-6-23(7-9-24)13(26)10-31-18-14-16(20-15(21-18)11-2-3-11)25(12-4-5-12)19(28)22-17(14)27/h11-12H,2-10H2,1H3,(H,22,27,28). The molecule has 2 aromatic rings. The molecule has 1 N–H and O–H groups in total. The van der Waals surface area contributed by atoms with E-state index < -0.39 is 21.3 Å². The fourth-order valence-corrected chi connectivity index (χ4v) is 5.68. The number of rotatable bonds is 6. The first kappa shape index (κ1) is 21.6. The Balaban J connectivity index is 1.41. The second-order valence-electron chi connectivity index (χ2n) is 8.55. The number of hydrogen-bond acceptors (Lipinski definition) is 8. The van der Waals surface area contributed by atoms with Gasteiger partial charge in [0.15, 0.2) is 5.65 Å². The molecule has 2 saturated carbocycles. The summed E-state index contributed by atoms with van der Waals surface area (Å²) >= 11 is 1.17. The van der Waals surface area contributed by atoms with Gasteiger partial charge in [0, 0.05) is 38.1 Å². The van der Waals surface area contributed by atoms with Crippen molar-refractivity contribution in [2.75, 3.05) is 38.2 Å². The van der Waals surface area contributed by atoms with E-state index in [1.54, 1.807) is 9.47 Å². The van der Waals surface area contributed by atoms with Gasteiger partial charge in [-0.15, -0.1) is 0 Å². The zero-order valence-electron chi connectivity index (χ0n) is 17.6. The number of nitrogens with zero attached hydrogens (tertiary/aromatic N) is 5. The first-order chi connectivity index (χ1) is 15.2. The number of hydrogen-bond donors (Lipinski definition) is 1. The lowest BCUT2D eigenvalue weighted by Gasteiger charge is -2.33. The average Bonchev–Trinajstić information content (AvgIpc) is 3.64. The second kappa shape index (κ2) is 7.96. The van der Waals surface area contributed by atoms with Gasteiger partial charge in [0.2, 0.25) is 15.9 Å². The highest BCUT2D eigenvalue weighted by Crippen LogP contribution is 2.40. The Morgan fingerprint density at radius 3 is 2.38 bits per heavy atom. The van der Waals surface area contributed by atoms with E-state index in [0.29, 0.717) is 29.6 Å². The molecule has 1 saturated heterocycles. The van der Waals surface area contributed by atoms with Gasteiger partial charge in [-0.2, -0.15) is 4.31 Å². The number of aromatic nitrogens is 4. The number of thioether (sulfide) groups is 1. The summed E-state index contributed by atoms with van der Waals surface area (Å²) < 4.78 is 26.3. The van der Waals surface area contributed by atoms with Crippen molar-refractivity contribution in [1.29, 1.82) is 0 Å². The van der Waals surface area contributed by atoms with Crippen molar-refractivity contribution in [2.45, 2.75) is 42.7 Å². The molecule has 0 aromatic carbocycles. The Morgan fingerprint density at radius 2 is 1.78 bits per heavy atom. The smallest absolute Gasteiger partial charge is 0.330 e. The number of piperazine rings is 1. The fourth-order valence-electron chi connectivity index (χ4n) is 3.92. The highest BCUT2D eigenvalue weighted by atomic mass is 32.2. The van der Waals surface area contributed by atoms with Crippen molar-refractivity contribution in [3.63, 3.8) is 0 Å². The van der Waals surface area contributed by atoms with Crippen LogP contribution in [-0.4, -0.2) is 81.2 Å². The first-order valence-electron chi connectivity index (χ1n) is 10.6. The fraction of sp³-hybridized carbons (Fsp3) is 0.632. The molecule has 172 valence electrons. The molecule has 0 spiro atoms. The van der Waals surface area contributed by atoms with Gasteiger partial charge in [-0.25, -0.2) is 23.2 Å². The van der Waals surface area contributed by atoms with E-state index in [1.807, 2.05) is 0 Å². The van der Waals surface area contributed by atoms with E-state index >= 15 is 0 Å². The van der Waals surface area contributed by atoms with Crippen LogP contribution in [0, 0.1) is 0 Å². The largest absolute Gasteiger partial charge is 0.339 e. The molecule has 2 aliphatic carbocycles. The maximum Gasteiger partial charge on any atom is 0.330 e. The van der Waals surface area contributed by atoms with Crippen LogP contribution in [0.3, 0.4) is 0 Å². The predicted octanol–water partition coefficient (Wildman–Crippen LogP) is -0.112. The minimum atomic E-state index is -3.27. The lowest BCUT2D eigenvalue weighted by atomic mass is 10.3. The molecule has 13 heteroatoms. The van der Waals surface area contributed by atoms with Crippen LogP contribution in [0.25, 0.3) is 11.0 Å². The molecule has 3 aliphatic rings. The summed E-state index contributed by atoms with van der Waals surface area (Å²) in [6.07, 6.45) is 4.83. The lowest BCUT2D eigenvalue weighted by molar-refractivity contribution is -0.129. The van der Waals surface area contributed by atoms with Crippen LogP contribution < -0.4 is 11.2 Å². The molecule has 5 rings (SSSR count). The van der Waals surface area contributed by atoms with E-state index in [1.165, 1.54) is 16.1 Å². The normalized spacial score (nSPS) is 20.1. The number of nitrogens with one attached hydrogen (secondary N) is 1. The Bertz CT molecular complexity index is 1300. The maximum atomic E-state index is 12.8. The molecular formula is C19H24N6O5S2. The van der Waals surface area contributed by atoms with Crippen LogP contribution >= 0.6 is 11.8 Å². The number of H-pyrrole nitrogens is 1. The third kappa shape index (κ3) is 4.20. The van der Waals surface area contributed by atoms with Crippen LogP contribution in [-0.2, 0) is 14.8 Å². The molecule has 32 heavy (non-hydrogen) atoms. The summed E-state index contributed by atoms with van der Waals surface area (Å²) in [5.74, 6) is 0.765. The van der Waals surface area contributed by atoms with Crippen LogP contribution in [0.1, 0.15) is 43.5 Å². The van der Waals surface area contributed by atoms with Crippen molar-refractivity contribution in [2.24, 2.45) is 0 Å². The van der Waals surface area contributed by atoms with Crippen molar-refractivity contribution in [3.8, 4) is 0 Å². The number of carbonyl (C=O) groups excluding carboxylic acids is 1. The van der Waals surface area contributed by atoms with Crippen molar-refractivity contribution >= 4 is 38.7 Å². The molecular weight excluding hydrogens is 456 g/mol. The van der Waals surface area contributed by atoms with E-state index in [0.717, 1.165) is 31.9 Å². The van der Waals surface area contributed by atoms with Crippen LogP contribution in [0.5, 0.6) is 0 Å². The SMILES string of the molecule is CS(=O)(=O)N1CCN(C(=O)CSc2nc(C3CC3)nc3c2c(=O)[nH]c(=O)n3C2CC2)CC1. The average molecular weight is 481 g/mol. The van der Waals surface area contributed by atoms with Gasteiger partial charge in [-0.3, -0.25) is 19.1 Å². The van der Waals surface area contributed by atoms with E-state index in [2.05, 4.69) is 15.0 Å². The quantitative estimate of drug-likeness (QED) is 0.446. The maximum absolute atomic E-state index is 12.8. The van der Waals surface area contributed by atoms with Crippen molar-refractivity contribution in [1.82, 2.24) is 28.7 Å². The summed E-state index contributed by atoms with van der Waals surface area (Å²) in [5.41, 5.74) is -0.642. The van der Waals surface area contributed by atoms with Gasteiger partial charge in [-0.05, 0) is 25.7 Å². The Labute approximate surface area is 188 Å². The monoisotopic (exact) mass is 480 g/mol. The Morgan fingerprint density at radius 1 is 1.09 bits per heavy atom. The number of carbonyl (C=O) groups is 1. The van der Waals surface area contributed by atoms with E-state index in [9.17, 15) is 22.8 Å². The minimum absolute atomic E-state index is 0.0365. The topological polar surface area (TPSA) is 138 Å². The van der Waals surface area contributed by atoms with Crippen LogP contribution in [0.2, 0.25) is 0 Å². The second-order valence-corrected chi connectivity index (χ2v) is 11.5. The van der Waals surface area contributed by atoms with Gasteiger partial charge in [0.05, 0.1) is 12.0 Å². The number of aromatic amines is 1. The number of amides is 1. The molecule has 11 nitrogen and oxygen atoms in total. The minimum Gasteiger partial charge on any atom is -0.339 e. The van der Waals surface area contributed by atoms with Gasteiger partial charge < -0.3 is 4.90 Å². The summed E-state index contributed by atoms with van der Waals surface area (Å²) in [6, 6.07) is 0.0365. The molecule has 2 aromatic heterocycles. The molecule has 1 amide bonds. The third-order valence-electron chi connectivity index (χ3n) is 6.02. The summed E-state index contributed by atoms with van der Waals surface area (Å²) in [7, 11) is -3.27. The van der Waals surface area contributed by atoms with Crippen molar-refractivity contribution < 1.29 is 13.2 Å². The van der Waals surface area contributed by atoms with Gasteiger partial charge in [0.25, 0.3) is 5.56 Å². The molecule has 1 aliphatic heterocycles. The van der Waals surface area contributed by atoms with Gasteiger partial charge in [-0.1, -0.05) is 11.8 Å². The Hall–Kier alpha value is -2.25. The molecule has 0 unspecified atom stereocenters. The molecule has 3 fully saturated rings. The third-order valence-corrected chi connectivity index (χ3v) is 8.28. The van der Waals surface area contributed by atoms with Crippen LogP contribution in [0.15, 0.2) is 14.6 Å². The molecule has 0 atom stereocenters. The lowest BCUT2D eigenvalue weighted by Crippen LogP contribution is -2.50. The highest BCUT2D eigenvalue weighted by Gasteiger charge is 2.33. The van der Waals surface area contributed by atoms with Crippen LogP contribution in [0.4, 0.5) is 0 Å². The molecule has 0 bridgehead atoms. The zero-order chi connectivity index (χ0) is 22.6.